The minimum Gasteiger partial charge on any atom is -0.127 e. The van der Waals surface area contributed by atoms with Crippen LogP contribution < -0.4 is 0 Å². The molecule has 0 saturated heterocycles. The number of halogens is 3. The molecule has 1 aromatic carbocycles. The molecule has 0 nitrogen and oxygen atoms in total. The number of benzene rings is 1. The molecule has 0 aliphatic rings. The molecule has 1 rings (SSSR count). The molecule has 0 heterocycles. The van der Waals surface area contributed by atoms with Crippen LogP contribution in [0.1, 0.15) is 18.9 Å². The summed E-state index contributed by atoms with van der Waals surface area (Å²) in [5.41, 5.74) is 0.877. The third-order valence-corrected chi connectivity index (χ3v) is 3.68. The van der Waals surface area contributed by atoms with Crippen LogP contribution in [0.25, 0.3) is 0 Å². The maximum atomic E-state index is 6.01. The SMILES string of the molecule is CC(CCCl)(c1ccccc1)C(Cl)Cl. The lowest BCUT2D eigenvalue weighted by molar-refractivity contribution is 0.492. The largest absolute Gasteiger partial charge is 0.127 e. The number of rotatable bonds is 4. The smallest absolute Gasteiger partial charge is 0.117 e. The van der Waals surface area contributed by atoms with Crippen LogP contribution in [0, 0.1) is 0 Å². The molecular formula is C11H13Cl3. The van der Waals surface area contributed by atoms with Gasteiger partial charge in [-0.3, -0.25) is 0 Å². The van der Waals surface area contributed by atoms with E-state index in [-0.39, 0.29) is 5.41 Å². The Morgan fingerprint density at radius 2 is 1.79 bits per heavy atom. The van der Waals surface area contributed by atoms with Gasteiger partial charge in [-0.2, -0.15) is 0 Å². The summed E-state index contributed by atoms with van der Waals surface area (Å²) >= 11 is 17.8. The fourth-order valence-electron chi connectivity index (χ4n) is 1.39. The Labute approximate surface area is 100 Å². The molecule has 78 valence electrons. The molecule has 3 heteroatoms. The second-order valence-electron chi connectivity index (χ2n) is 3.52. The summed E-state index contributed by atoms with van der Waals surface area (Å²) in [6.45, 7) is 2.04. The van der Waals surface area contributed by atoms with Gasteiger partial charge >= 0.3 is 0 Å². The Balaban J connectivity index is 2.99. The number of hydrogen-bond donors (Lipinski definition) is 0. The van der Waals surface area contributed by atoms with Crippen molar-refractivity contribution in [3.63, 3.8) is 0 Å². The molecule has 0 aliphatic carbocycles. The highest BCUT2D eigenvalue weighted by Gasteiger charge is 2.32. The van der Waals surface area contributed by atoms with Gasteiger partial charge in [0.15, 0.2) is 0 Å². The molecule has 0 bridgehead atoms. The monoisotopic (exact) mass is 250 g/mol. The van der Waals surface area contributed by atoms with Crippen LogP contribution in [-0.4, -0.2) is 10.7 Å². The molecule has 14 heavy (non-hydrogen) atoms. The standard InChI is InChI=1S/C11H13Cl3/c1-11(7-8-12,10(13)14)9-5-3-2-4-6-9/h2-6,10H,7-8H2,1H3. The first-order chi connectivity index (χ1) is 6.61. The molecule has 1 unspecified atom stereocenters. The van der Waals surface area contributed by atoms with Crippen molar-refractivity contribution in [2.45, 2.75) is 23.6 Å². The average molecular weight is 252 g/mol. The van der Waals surface area contributed by atoms with Crippen molar-refractivity contribution in [2.75, 3.05) is 5.88 Å². The summed E-state index contributed by atoms with van der Waals surface area (Å²) < 4.78 is 0. The summed E-state index contributed by atoms with van der Waals surface area (Å²) in [6.07, 6.45) is 0.774. The fraction of sp³-hybridized carbons (Fsp3) is 0.455. The maximum Gasteiger partial charge on any atom is 0.117 e. The zero-order chi connectivity index (χ0) is 10.6. The van der Waals surface area contributed by atoms with Crippen LogP contribution in [0.2, 0.25) is 0 Å². The fourth-order valence-corrected chi connectivity index (χ4v) is 2.26. The normalized spacial score (nSPS) is 15.5. The molecule has 0 N–H and O–H groups in total. The van der Waals surface area contributed by atoms with Gasteiger partial charge in [0.1, 0.15) is 4.84 Å². The van der Waals surface area contributed by atoms with Crippen LogP contribution in [0.15, 0.2) is 30.3 Å². The van der Waals surface area contributed by atoms with E-state index in [1.807, 2.05) is 37.3 Å². The second-order valence-corrected chi connectivity index (χ2v) is 5.00. The van der Waals surface area contributed by atoms with Crippen molar-refractivity contribution < 1.29 is 0 Å². The van der Waals surface area contributed by atoms with E-state index in [9.17, 15) is 0 Å². The molecular weight excluding hydrogens is 238 g/mol. The zero-order valence-corrected chi connectivity index (χ0v) is 10.3. The van der Waals surface area contributed by atoms with Gasteiger partial charge in [0.25, 0.3) is 0 Å². The molecule has 1 aromatic rings. The van der Waals surface area contributed by atoms with E-state index in [4.69, 9.17) is 34.8 Å². The molecule has 0 spiro atoms. The van der Waals surface area contributed by atoms with Crippen molar-refractivity contribution in [1.29, 1.82) is 0 Å². The van der Waals surface area contributed by atoms with Crippen LogP contribution in [0.3, 0.4) is 0 Å². The Bertz CT molecular complexity index is 271. The molecule has 0 aliphatic heterocycles. The van der Waals surface area contributed by atoms with Crippen molar-refractivity contribution in [2.24, 2.45) is 0 Å². The zero-order valence-electron chi connectivity index (χ0n) is 8.01. The van der Waals surface area contributed by atoms with Gasteiger partial charge < -0.3 is 0 Å². The third-order valence-electron chi connectivity index (χ3n) is 2.53. The van der Waals surface area contributed by atoms with Crippen LogP contribution in [-0.2, 0) is 5.41 Å². The first-order valence-corrected chi connectivity index (χ1v) is 5.91. The molecule has 1 atom stereocenters. The average Bonchev–Trinajstić information content (AvgIpc) is 2.19. The molecule has 0 radical (unpaired) electrons. The van der Waals surface area contributed by atoms with Crippen molar-refractivity contribution >= 4 is 34.8 Å². The first kappa shape index (κ1) is 12.2. The number of hydrogen-bond acceptors (Lipinski definition) is 0. The highest BCUT2D eigenvalue weighted by molar-refractivity contribution is 6.45. The Hall–Kier alpha value is 0.0900. The van der Waals surface area contributed by atoms with E-state index >= 15 is 0 Å². The van der Waals surface area contributed by atoms with E-state index < -0.39 is 4.84 Å². The van der Waals surface area contributed by atoms with Crippen molar-refractivity contribution in [3.05, 3.63) is 35.9 Å². The van der Waals surface area contributed by atoms with E-state index in [0.717, 1.165) is 12.0 Å². The van der Waals surface area contributed by atoms with E-state index in [2.05, 4.69) is 0 Å². The van der Waals surface area contributed by atoms with Gasteiger partial charge in [-0.15, -0.1) is 34.8 Å². The lowest BCUT2D eigenvalue weighted by atomic mass is 9.82. The van der Waals surface area contributed by atoms with Gasteiger partial charge in [0.2, 0.25) is 0 Å². The van der Waals surface area contributed by atoms with Gasteiger partial charge in [-0.05, 0) is 12.0 Å². The van der Waals surface area contributed by atoms with Gasteiger partial charge in [-0.1, -0.05) is 37.3 Å². The van der Waals surface area contributed by atoms with Crippen LogP contribution in [0.4, 0.5) is 0 Å². The second kappa shape index (κ2) is 5.25. The minimum absolute atomic E-state index is 0.258. The maximum absolute atomic E-state index is 6.01. The van der Waals surface area contributed by atoms with Crippen LogP contribution >= 0.6 is 34.8 Å². The first-order valence-electron chi connectivity index (χ1n) is 4.51. The van der Waals surface area contributed by atoms with E-state index in [0.29, 0.717) is 5.88 Å². The quantitative estimate of drug-likeness (QED) is 0.697. The van der Waals surface area contributed by atoms with Gasteiger partial charge in [0.05, 0.1) is 0 Å². The van der Waals surface area contributed by atoms with Crippen molar-refractivity contribution in [3.8, 4) is 0 Å². The highest BCUT2D eigenvalue weighted by Crippen LogP contribution is 2.36. The van der Waals surface area contributed by atoms with Gasteiger partial charge in [0, 0.05) is 11.3 Å². The lowest BCUT2D eigenvalue weighted by Crippen LogP contribution is -2.30. The molecule has 0 amide bonds. The lowest BCUT2D eigenvalue weighted by Gasteiger charge is -2.30. The van der Waals surface area contributed by atoms with E-state index in [1.54, 1.807) is 0 Å². The topological polar surface area (TPSA) is 0 Å². The summed E-state index contributed by atoms with van der Waals surface area (Å²) in [6, 6.07) is 10.0. The Kier molecular flexibility index (Phi) is 4.56. The van der Waals surface area contributed by atoms with E-state index in [1.165, 1.54) is 0 Å². The molecule has 0 fully saturated rings. The number of alkyl halides is 3. The molecule has 0 aromatic heterocycles. The Morgan fingerprint density at radius 1 is 1.21 bits per heavy atom. The van der Waals surface area contributed by atoms with Crippen molar-refractivity contribution in [1.82, 2.24) is 0 Å². The summed E-state index contributed by atoms with van der Waals surface area (Å²) in [4.78, 5) is -0.441. The summed E-state index contributed by atoms with van der Waals surface area (Å²) in [5, 5.41) is 0. The minimum atomic E-state index is -0.441. The highest BCUT2D eigenvalue weighted by atomic mass is 35.5. The predicted octanol–water partition coefficient (Wildman–Crippen LogP) is 4.38. The third kappa shape index (κ3) is 2.56. The molecule has 0 saturated carbocycles. The predicted molar refractivity (Wildman–Crippen MR) is 64.6 cm³/mol. The summed E-state index contributed by atoms with van der Waals surface area (Å²) in [5.74, 6) is 0.557. The van der Waals surface area contributed by atoms with Gasteiger partial charge in [-0.25, -0.2) is 0 Å². The summed E-state index contributed by atoms with van der Waals surface area (Å²) in [7, 11) is 0. The Morgan fingerprint density at radius 3 is 2.21 bits per heavy atom. The van der Waals surface area contributed by atoms with Crippen LogP contribution in [0.5, 0.6) is 0 Å².